The summed E-state index contributed by atoms with van der Waals surface area (Å²) in [6.07, 6.45) is 4.09. The molecule has 0 saturated carbocycles. The lowest BCUT2D eigenvalue weighted by Crippen LogP contribution is -2.46. The Hall–Kier alpha value is -1.28. The van der Waals surface area contributed by atoms with Gasteiger partial charge in [0.25, 0.3) is 0 Å². The lowest BCUT2D eigenvalue weighted by molar-refractivity contribution is -0.00541. The largest absolute Gasteiger partial charge is 0.379 e. The van der Waals surface area contributed by atoms with Crippen LogP contribution in [-0.4, -0.2) is 66.5 Å². The minimum atomic E-state index is 0.230. The van der Waals surface area contributed by atoms with E-state index in [1.165, 1.54) is 39.9 Å². The summed E-state index contributed by atoms with van der Waals surface area (Å²) in [5.74, 6) is 2.09. The molecule has 0 bridgehead atoms. The van der Waals surface area contributed by atoms with E-state index in [-0.39, 0.29) is 12.2 Å². The Labute approximate surface area is 164 Å². The molecule has 0 spiro atoms. The van der Waals surface area contributed by atoms with Crippen LogP contribution in [0.2, 0.25) is 0 Å². The number of hydrogen-bond donors (Lipinski definition) is 0. The van der Waals surface area contributed by atoms with Gasteiger partial charge in [-0.2, -0.15) is 0 Å². The molecule has 2 aliphatic heterocycles. The first-order valence-electron chi connectivity index (χ1n) is 10.2. The van der Waals surface area contributed by atoms with Crippen molar-refractivity contribution >= 4 is 27.4 Å². The molecule has 2 aromatic rings. The fourth-order valence-electron chi connectivity index (χ4n) is 4.63. The fraction of sp³-hybridized carbons (Fsp3) is 0.700. The highest BCUT2D eigenvalue weighted by Gasteiger charge is 2.29. The molecule has 2 fully saturated rings. The van der Waals surface area contributed by atoms with Gasteiger partial charge in [0.15, 0.2) is 0 Å². The Balaban J connectivity index is 1.55. The van der Waals surface area contributed by atoms with E-state index in [1.54, 1.807) is 0 Å². The third kappa shape index (κ3) is 3.46. The molecule has 0 radical (unpaired) electrons. The number of aryl methyl sites for hydroxylation is 2. The number of fused-ring (bicyclic) bond motifs is 3. The summed E-state index contributed by atoms with van der Waals surface area (Å²) in [7, 11) is 0. The number of aromatic nitrogens is 2. The molecule has 27 heavy (non-hydrogen) atoms. The van der Waals surface area contributed by atoms with Gasteiger partial charge in [0.05, 0.1) is 37.4 Å². The van der Waals surface area contributed by atoms with Crippen LogP contribution in [0.3, 0.4) is 0 Å². The smallest absolute Gasteiger partial charge is 0.146 e. The molecule has 0 amide bonds. The summed E-state index contributed by atoms with van der Waals surface area (Å²) in [6.45, 7) is 10.5. The van der Waals surface area contributed by atoms with Crippen LogP contribution in [0.25, 0.3) is 10.2 Å². The van der Waals surface area contributed by atoms with Crippen molar-refractivity contribution in [1.82, 2.24) is 14.9 Å². The lowest BCUT2D eigenvalue weighted by Gasteiger charge is -2.36. The highest BCUT2D eigenvalue weighted by molar-refractivity contribution is 7.19. The van der Waals surface area contributed by atoms with Crippen molar-refractivity contribution in [3.63, 3.8) is 0 Å². The Bertz CT molecular complexity index is 823. The van der Waals surface area contributed by atoms with Crippen molar-refractivity contribution in [3.8, 4) is 0 Å². The van der Waals surface area contributed by atoms with E-state index in [1.807, 2.05) is 11.3 Å². The third-order valence-corrected chi connectivity index (χ3v) is 6.97. The first-order chi connectivity index (χ1) is 13.2. The summed E-state index contributed by atoms with van der Waals surface area (Å²) in [5, 5.41) is 1.32. The highest BCUT2D eigenvalue weighted by atomic mass is 32.1. The van der Waals surface area contributed by atoms with Crippen molar-refractivity contribution in [2.75, 3.05) is 44.3 Å². The van der Waals surface area contributed by atoms with Crippen molar-refractivity contribution in [2.45, 2.75) is 51.9 Å². The van der Waals surface area contributed by atoms with Crippen molar-refractivity contribution in [1.29, 1.82) is 0 Å². The minimum Gasteiger partial charge on any atom is -0.379 e. The number of rotatable bonds is 3. The second kappa shape index (κ2) is 7.28. The maximum absolute atomic E-state index is 5.97. The summed E-state index contributed by atoms with van der Waals surface area (Å²) >= 11 is 1.89. The molecule has 2 atom stereocenters. The van der Waals surface area contributed by atoms with Crippen LogP contribution < -0.4 is 4.90 Å². The van der Waals surface area contributed by atoms with E-state index in [9.17, 15) is 0 Å². The molecule has 146 valence electrons. The van der Waals surface area contributed by atoms with Gasteiger partial charge in [0, 0.05) is 31.1 Å². The van der Waals surface area contributed by atoms with Crippen LogP contribution in [-0.2, 0) is 28.9 Å². The van der Waals surface area contributed by atoms with Gasteiger partial charge in [-0.3, -0.25) is 4.90 Å². The van der Waals surface area contributed by atoms with Gasteiger partial charge < -0.3 is 14.4 Å². The summed E-state index contributed by atoms with van der Waals surface area (Å²) in [5.41, 5.74) is 1.51. The molecule has 5 rings (SSSR count). The van der Waals surface area contributed by atoms with Gasteiger partial charge in [0.1, 0.15) is 16.5 Å². The Morgan fingerprint density at radius 2 is 1.85 bits per heavy atom. The zero-order valence-electron chi connectivity index (χ0n) is 16.2. The zero-order valence-corrected chi connectivity index (χ0v) is 17.1. The quantitative estimate of drug-likeness (QED) is 0.806. The average Bonchev–Trinajstić information content (AvgIpc) is 3.22. The molecule has 2 aromatic heterocycles. The van der Waals surface area contributed by atoms with Crippen LogP contribution in [0.1, 0.15) is 36.5 Å². The second-order valence-electron chi connectivity index (χ2n) is 8.05. The first-order valence-corrected chi connectivity index (χ1v) is 11.0. The Morgan fingerprint density at radius 1 is 1.07 bits per heavy atom. The van der Waals surface area contributed by atoms with Crippen molar-refractivity contribution in [2.24, 2.45) is 0 Å². The number of thiophene rings is 1. The van der Waals surface area contributed by atoms with E-state index in [0.717, 1.165) is 57.6 Å². The number of morpholine rings is 2. The van der Waals surface area contributed by atoms with E-state index < -0.39 is 0 Å². The molecule has 4 heterocycles. The van der Waals surface area contributed by atoms with E-state index >= 15 is 0 Å². The normalized spacial score (nSPS) is 26.7. The SMILES string of the molecule is C[C@H]1CN(c2nc(CN3CCOCC3)nc3sc4c(c23)CCC4)C[C@H](C)O1. The van der Waals surface area contributed by atoms with Gasteiger partial charge in [0.2, 0.25) is 0 Å². The molecule has 0 N–H and O–H groups in total. The molecule has 0 aromatic carbocycles. The zero-order chi connectivity index (χ0) is 18.4. The predicted molar refractivity (Wildman–Crippen MR) is 108 cm³/mol. The van der Waals surface area contributed by atoms with Gasteiger partial charge in [-0.25, -0.2) is 9.97 Å². The molecule has 1 aliphatic carbocycles. The van der Waals surface area contributed by atoms with E-state index in [2.05, 4.69) is 23.6 Å². The van der Waals surface area contributed by atoms with Gasteiger partial charge >= 0.3 is 0 Å². The second-order valence-corrected chi connectivity index (χ2v) is 9.14. The topological polar surface area (TPSA) is 50.7 Å². The third-order valence-electron chi connectivity index (χ3n) is 5.78. The summed E-state index contributed by atoms with van der Waals surface area (Å²) < 4.78 is 11.5. The molecular formula is C20H28N4O2S. The maximum Gasteiger partial charge on any atom is 0.146 e. The minimum absolute atomic E-state index is 0.230. The molecule has 2 saturated heterocycles. The lowest BCUT2D eigenvalue weighted by atomic mass is 10.1. The van der Waals surface area contributed by atoms with Crippen molar-refractivity contribution < 1.29 is 9.47 Å². The highest BCUT2D eigenvalue weighted by Crippen LogP contribution is 2.41. The van der Waals surface area contributed by atoms with E-state index in [4.69, 9.17) is 19.4 Å². The number of anilines is 1. The number of hydrogen-bond acceptors (Lipinski definition) is 7. The molecule has 0 unspecified atom stereocenters. The molecule has 3 aliphatic rings. The average molecular weight is 389 g/mol. The molecule has 6 nitrogen and oxygen atoms in total. The summed E-state index contributed by atoms with van der Waals surface area (Å²) in [6, 6.07) is 0. The van der Waals surface area contributed by atoms with Gasteiger partial charge in [-0.05, 0) is 38.7 Å². The van der Waals surface area contributed by atoms with Crippen molar-refractivity contribution in [3.05, 3.63) is 16.3 Å². The molecule has 7 heteroatoms. The maximum atomic E-state index is 5.97. The van der Waals surface area contributed by atoms with Crippen LogP contribution in [0.15, 0.2) is 0 Å². The van der Waals surface area contributed by atoms with Crippen LogP contribution in [0, 0.1) is 0 Å². The first kappa shape index (κ1) is 17.8. The van der Waals surface area contributed by atoms with Crippen LogP contribution in [0.5, 0.6) is 0 Å². The Morgan fingerprint density at radius 3 is 2.63 bits per heavy atom. The standard InChI is InChI=1S/C20H28N4O2S/c1-13-10-24(11-14(2)26-13)19-18-15-4-3-5-16(15)27-20(18)22-17(21-19)12-23-6-8-25-9-7-23/h13-14H,3-12H2,1-2H3/t13-,14-/m0/s1. The fourth-order valence-corrected chi connectivity index (χ4v) is 5.90. The number of ether oxygens (including phenoxy) is 2. The van der Waals surface area contributed by atoms with Crippen LogP contribution >= 0.6 is 11.3 Å². The summed E-state index contributed by atoms with van der Waals surface area (Å²) in [4.78, 5) is 17.7. The van der Waals surface area contributed by atoms with Gasteiger partial charge in [-0.15, -0.1) is 11.3 Å². The van der Waals surface area contributed by atoms with Crippen LogP contribution in [0.4, 0.5) is 5.82 Å². The Kier molecular flexibility index (Phi) is 4.80. The van der Waals surface area contributed by atoms with E-state index in [0.29, 0.717) is 0 Å². The predicted octanol–water partition coefficient (Wildman–Crippen LogP) is 2.63. The van der Waals surface area contributed by atoms with Gasteiger partial charge in [-0.1, -0.05) is 0 Å². The monoisotopic (exact) mass is 388 g/mol. The number of nitrogens with zero attached hydrogens (tertiary/aromatic N) is 4. The molecular weight excluding hydrogens is 360 g/mol.